The Morgan fingerprint density at radius 1 is 1.20 bits per heavy atom. The zero-order valence-corrected chi connectivity index (χ0v) is 13.2. The average molecular weight is 356 g/mol. The summed E-state index contributed by atoms with van der Waals surface area (Å²) in [5.41, 5.74) is 0.880. The third kappa shape index (κ3) is 3.49. The molecule has 1 heterocycles. The number of nitrogens with zero attached hydrogens (tertiary/aromatic N) is 1. The molecular formula is C13H14BrN3O2S. The van der Waals surface area contributed by atoms with E-state index in [0.29, 0.717) is 4.47 Å². The number of hydrogen-bond donors (Lipinski definition) is 2. The molecule has 106 valence electrons. The van der Waals surface area contributed by atoms with E-state index in [1.807, 2.05) is 6.92 Å². The number of benzene rings is 1. The van der Waals surface area contributed by atoms with E-state index in [0.717, 1.165) is 12.2 Å². The summed E-state index contributed by atoms with van der Waals surface area (Å²) in [6.45, 7) is 2.76. The van der Waals surface area contributed by atoms with Gasteiger partial charge < -0.3 is 5.32 Å². The second kappa shape index (κ2) is 6.23. The molecule has 0 unspecified atom stereocenters. The molecule has 0 spiro atoms. The van der Waals surface area contributed by atoms with Crippen molar-refractivity contribution in [2.24, 2.45) is 0 Å². The van der Waals surface area contributed by atoms with Crippen molar-refractivity contribution >= 4 is 37.5 Å². The smallest absolute Gasteiger partial charge is 0.263 e. The Morgan fingerprint density at radius 2 is 1.90 bits per heavy atom. The van der Waals surface area contributed by atoms with Gasteiger partial charge in [0.15, 0.2) is 5.82 Å². The van der Waals surface area contributed by atoms with E-state index in [9.17, 15) is 8.42 Å². The van der Waals surface area contributed by atoms with Gasteiger partial charge in [-0.3, -0.25) is 4.72 Å². The van der Waals surface area contributed by atoms with Crippen molar-refractivity contribution < 1.29 is 8.42 Å². The molecule has 0 saturated heterocycles. The van der Waals surface area contributed by atoms with Crippen LogP contribution in [0.25, 0.3) is 0 Å². The van der Waals surface area contributed by atoms with Gasteiger partial charge >= 0.3 is 0 Å². The zero-order chi connectivity index (χ0) is 14.6. The van der Waals surface area contributed by atoms with Gasteiger partial charge in [0.2, 0.25) is 0 Å². The molecule has 5 nitrogen and oxygen atoms in total. The molecule has 0 fully saturated rings. The molecular weight excluding hydrogens is 342 g/mol. The summed E-state index contributed by atoms with van der Waals surface area (Å²) in [6, 6.07) is 10.00. The highest BCUT2D eigenvalue weighted by Crippen LogP contribution is 2.22. The maximum Gasteiger partial charge on any atom is 0.263 e. The van der Waals surface area contributed by atoms with Crippen LogP contribution in [0.1, 0.15) is 6.92 Å². The molecule has 0 aliphatic heterocycles. The van der Waals surface area contributed by atoms with Gasteiger partial charge in [-0.05, 0) is 59.3 Å². The number of aromatic nitrogens is 1. The Kier molecular flexibility index (Phi) is 4.61. The van der Waals surface area contributed by atoms with Crippen LogP contribution in [0.15, 0.2) is 52.0 Å². The fraction of sp³-hybridized carbons (Fsp3) is 0.154. The second-order valence-corrected chi connectivity index (χ2v) is 6.53. The van der Waals surface area contributed by atoms with Gasteiger partial charge in [-0.15, -0.1) is 0 Å². The van der Waals surface area contributed by atoms with Crippen molar-refractivity contribution in [2.45, 2.75) is 11.8 Å². The van der Waals surface area contributed by atoms with Gasteiger partial charge in [0.25, 0.3) is 10.0 Å². The van der Waals surface area contributed by atoms with E-state index >= 15 is 0 Å². The highest BCUT2D eigenvalue weighted by atomic mass is 79.9. The largest absolute Gasteiger partial charge is 0.385 e. The fourth-order valence-electron chi connectivity index (χ4n) is 1.60. The number of sulfonamides is 1. The number of halogens is 1. The van der Waals surface area contributed by atoms with E-state index < -0.39 is 10.0 Å². The summed E-state index contributed by atoms with van der Waals surface area (Å²) in [7, 11) is -3.64. The van der Waals surface area contributed by atoms with Crippen LogP contribution in [0.2, 0.25) is 0 Å². The lowest BCUT2D eigenvalue weighted by Crippen LogP contribution is -2.14. The zero-order valence-electron chi connectivity index (χ0n) is 10.8. The van der Waals surface area contributed by atoms with Crippen LogP contribution in [0.5, 0.6) is 0 Å². The van der Waals surface area contributed by atoms with Crippen LogP contribution < -0.4 is 10.0 Å². The minimum atomic E-state index is -3.64. The number of anilines is 2. The van der Waals surface area contributed by atoms with Crippen LogP contribution in [-0.4, -0.2) is 19.9 Å². The number of nitrogens with one attached hydrogen (secondary N) is 2. The summed E-state index contributed by atoms with van der Waals surface area (Å²) in [4.78, 5) is 4.18. The second-order valence-electron chi connectivity index (χ2n) is 3.99. The van der Waals surface area contributed by atoms with Gasteiger partial charge in [-0.2, -0.15) is 0 Å². The molecule has 2 rings (SSSR count). The molecule has 20 heavy (non-hydrogen) atoms. The Labute approximate surface area is 126 Å². The number of hydrogen-bond acceptors (Lipinski definition) is 4. The van der Waals surface area contributed by atoms with Crippen LogP contribution in [0.4, 0.5) is 11.5 Å². The fourth-order valence-corrected chi connectivity index (χ4v) is 3.12. The van der Waals surface area contributed by atoms with Crippen LogP contribution in [0.3, 0.4) is 0 Å². The minimum Gasteiger partial charge on any atom is -0.385 e. The molecule has 2 aromatic rings. The summed E-state index contributed by atoms with van der Waals surface area (Å²) in [5, 5.41) is 3.11. The summed E-state index contributed by atoms with van der Waals surface area (Å²) in [5.74, 6) is 0.267. The van der Waals surface area contributed by atoms with Crippen molar-refractivity contribution in [1.29, 1.82) is 0 Å². The van der Waals surface area contributed by atoms with Crippen LogP contribution >= 0.6 is 15.9 Å². The van der Waals surface area contributed by atoms with Crippen molar-refractivity contribution in [3.8, 4) is 0 Å². The van der Waals surface area contributed by atoms with Gasteiger partial charge in [0.1, 0.15) is 0 Å². The van der Waals surface area contributed by atoms with Crippen molar-refractivity contribution in [1.82, 2.24) is 4.98 Å². The van der Waals surface area contributed by atoms with Crippen molar-refractivity contribution in [2.75, 3.05) is 16.6 Å². The number of rotatable bonds is 5. The monoisotopic (exact) mass is 355 g/mol. The Hall–Kier alpha value is -1.60. The maximum atomic E-state index is 12.2. The predicted octanol–water partition coefficient (Wildman–Crippen LogP) is 3.08. The Balaban J connectivity index is 2.24. The van der Waals surface area contributed by atoms with Gasteiger partial charge in [0.05, 0.1) is 9.37 Å². The first kappa shape index (κ1) is 14.8. The number of pyridine rings is 1. The molecule has 1 aromatic carbocycles. The highest BCUT2D eigenvalue weighted by Gasteiger charge is 2.15. The lowest BCUT2D eigenvalue weighted by molar-refractivity contribution is 0.601. The van der Waals surface area contributed by atoms with Crippen molar-refractivity contribution in [3.05, 3.63) is 47.1 Å². The third-order valence-electron chi connectivity index (χ3n) is 2.54. The SMILES string of the molecule is CCNc1ccc(S(=O)(=O)Nc2ncccc2Br)cc1. The summed E-state index contributed by atoms with van der Waals surface area (Å²) in [6.07, 6.45) is 1.52. The molecule has 0 aliphatic rings. The summed E-state index contributed by atoms with van der Waals surface area (Å²) < 4.78 is 27.5. The van der Waals surface area contributed by atoms with Gasteiger partial charge in [0, 0.05) is 18.4 Å². The van der Waals surface area contributed by atoms with E-state index in [2.05, 4.69) is 31.0 Å². The van der Waals surface area contributed by atoms with E-state index in [1.165, 1.54) is 6.20 Å². The van der Waals surface area contributed by atoms with Crippen molar-refractivity contribution in [3.63, 3.8) is 0 Å². The molecule has 0 amide bonds. The molecule has 0 saturated carbocycles. The minimum absolute atomic E-state index is 0.191. The third-order valence-corrected chi connectivity index (χ3v) is 4.53. The maximum absolute atomic E-state index is 12.2. The van der Waals surface area contributed by atoms with E-state index in [-0.39, 0.29) is 10.7 Å². The topological polar surface area (TPSA) is 71.1 Å². The molecule has 2 N–H and O–H groups in total. The first-order chi connectivity index (χ1) is 9.53. The molecule has 0 aliphatic carbocycles. The quantitative estimate of drug-likeness (QED) is 0.864. The normalized spacial score (nSPS) is 11.1. The lowest BCUT2D eigenvalue weighted by atomic mass is 10.3. The Morgan fingerprint density at radius 3 is 2.50 bits per heavy atom. The van der Waals surface area contributed by atoms with Gasteiger partial charge in [-0.25, -0.2) is 13.4 Å². The first-order valence-corrected chi connectivity index (χ1v) is 8.28. The standard InChI is InChI=1S/C13H14BrN3O2S/c1-2-15-10-5-7-11(8-6-10)20(18,19)17-13-12(14)4-3-9-16-13/h3-9,15H,2H2,1H3,(H,16,17). The van der Waals surface area contributed by atoms with E-state index in [1.54, 1.807) is 36.4 Å². The van der Waals surface area contributed by atoms with E-state index in [4.69, 9.17) is 0 Å². The molecule has 0 radical (unpaired) electrons. The average Bonchev–Trinajstić information content (AvgIpc) is 2.42. The molecule has 0 bridgehead atoms. The summed E-state index contributed by atoms with van der Waals surface area (Å²) >= 11 is 3.25. The lowest BCUT2D eigenvalue weighted by Gasteiger charge is -2.09. The highest BCUT2D eigenvalue weighted by molar-refractivity contribution is 9.10. The van der Waals surface area contributed by atoms with Gasteiger partial charge in [-0.1, -0.05) is 0 Å². The molecule has 0 atom stereocenters. The Bertz CT molecular complexity index is 687. The predicted molar refractivity (Wildman–Crippen MR) is 83.4 cm³/mol. The first-order valence-electron chi connectivity index (χ1n) is 6.00. The molecule has 1 aromatic heterocycles. The van der Waals surface area contributed by atoms with Crippen LogP contribution in [-0.2, 0) is 10.0 Å². The molecule has 7 heteroatoms. The van der Waals surface area contributed by atoms with Crippen LogP contribution in [0, 0.1) is 0 Å².